The second-order valence-electron chi connectivity index (χ2n) is 17.6. The fraction of sp³-hybridized carbons (Fsp3) is 1.00. The number of nitrogens with two attached hydrogens (primary N) is 2. The molecule has 4 aliphatic carbocycles. The van der Waals surface area contributed by atoms with Gasteiger partial charge in [-0.25, -0.2) is 0 Å². The quantitative estimate of drug-likeness (QED) is 0.0543. The van der Waals surface area contributed by atoms with Gasteiger partial charge >= 0.3 is 0 Å². The van der Waals surface area contributed by atoms with Crippen LogP contribution in [0.25, 0.3) is 0 Å². The summed E-state index contributed by atoms with van der Waals surface area (Å²) in [5, 5.41) is 0. The van der Waals surface area contributed by atoms with Crippen LogP contribution in [0.3, 0.4) is 0 Å². The van der Waals surface area contributed by atoms with Crippen LogP contribution in [0.15, 0.2) is 0 Å². The first-order valence-corrected chi connectivity index (χ1v) is 23.1. The zero-order chi connectivity index (χ0) is 36.0. The molecule has 4 aliphatic rings. The van der Waals surface area contributed by atoms with E-state index in [0.29, 0.717) is 70.3 Å². The Labute approximate surface area is 323 Å². The zero-order valence-corrected chi connectivity index (χ0v) is 35.7. The first-order valence-electron chi connectivity index (χ1n) is 21.9. The van der Waals surface area contributed by atoms with Gasteiger partial charge in [0, 0.05) is 29.2 Å². The largest absolute Gasteiger partial charge is 0.378 e. The monoisotopic (exact) mass is 816 g/mol. The molecule has 11 atom stereocenters. The molecule has 7 heteroatoms. The average Bonchev–Trinajstić information content (AvgIpc) is 3.47. The number of fused-ring (bicyclic) bond motifs is 5. The van der Waals surface area contributed by atoms with Crippen molar-refractivity contribution in [1.82, 2.24) is 4.90 Å². The fourth-order valence-corrected chi connectivity index (χ4v) is 13.1. The molecule has 4 saturated carbocycles. The highest BCUT2D eigenvalue weighted by Gasteiger charge is 2.66. The highest BCUT2D eigenvalue weighted by atomic mass is 127. The topological polar surface area (TPSA) is 83.0 Å². The number of rotatable bonds is 25. The number of alkyl halides is 1. The fourth-order valence-electron chi connectivity index (χ4n) is 11.5. The highest BCUT2D eigenvalue weighted by molar-refractivity contribution is 14.1. The maximum atomic E-state index is 7.10. The van der Waals surface area contributed by atoms with Crippen LogP contribution in [-0.4, -0.2) is 79.7 Å². The van der Waals surface area contributed by atoms with Gasteiger partial charge in [0.25, 0.3) is 0 Å². The summed E-state index contributed by atoms with van der Waals surface area (Å²) in [6.45, 7) is 20.1. The summed E-state index contributed by atoms with van der Waals surface area (Å²) >= 11 is 2.90. The smallest absolute Gasteiger partial charge is 0.0637 e. The van der Waals surface area contributed by atoms with Crippen LogP contribution < -0.4 is 11.5 Å². The molecular formula is C43H82IN3O3. The molecule has 0 unspecified atom stereocenters. The van der Waals surface area contributed by atoms with Crippen LogP contribution in [0.5, 0.6) is 0 Å². The minimum absolute atomic E-state index is 0.196. The first-order chi connectivity index (χ1) is 24.3. The molecule has 6 nitrogen and oxygen atoms in total. The maximum Gasteiger partial charge on any atom is 0.0637 e. The molecule has 4 N–H and O–H groups in total. The molecule has 0 aliphatic heterocycles. The van der Waals surface area contributed by atoms with E-state index in [1.807, 2.05) is 0 Å². The minimum atomic E-state index is 0.196. The molecule has 294 valence electrons. The summed E-state index contributed by atoms with van der Waals surface area (Å²) < 4.78 is 21.3. The third kappa shape index (κ3) is 10.8. The molecule has 0 aromatic rings. The molecule has 50 heavy (non-hydrogen) atoms. The number of hydrogen-bond acceptors (Lipinski definition) is 6. The third-order valence-corrected chi connectivity index (χ3v) is 16.0. The van der Waals surface area contributed by atoms with Crippen molar-refractivity contribution >= 4 is 22.6 Å². The van der Waals surface area contributed by atoms with E-state index in [0.717, 1.165) is 32.7 Å². The summed E-state index contributed by atoms with van der Waals surface area (Å²) in [4.78, 5) is 2.80. The van der Waals surface area contributed by atoms with Crippen molar-refractivity contribution in [3.63, 3.8) is 0 Å². The number of unbranched alkanes of at least 4 members (excludes halogenated alkanes) is 5. The van der Waals surface area contributed by atoms with Gasteiger partial charge in [0.1, 0.15) is 0 Å². The van der Waals surface area contributed by atoms with Crippen LogP contribution in [0, 0.1) is 40.4 Å². The van der Waals surface area contributed by atoms with Gasteiger partial charge in [0.2, 0.25) is 0 Å². The Morgan fingerprint density at radius 3 is 2.00 bits per heavy atom. The summed E-state index contributed by atoms with van der Waals surface area (Å²) in [7, 11) is 0. The minimum Gasteiger partial charge on any atom is -0.378 e. The van der Waals surface area contributed by atoms with Crippen molar-refractivity contribution in [2.45, 2.75) is 179 Å². The third-order valence-electron chi connectivity index (χ3n) is 14.5. The van der Waals surface area contributed by atoms with E-state index < -0.39 is 0 Å². The zero-order valence-electron chi connectivity index (χ0n) is 33.5. The van der Waals surface area contributed by atoms with Gasteiger partial charge in [-0.15, -0.1) is 0 Å². The predicted molar refractivity (Wildman–Crippen MR) is 220 cm³/mol. The number of hydrogen-bond donors (Lipinski definition) is 2. The van der Waals surface area contributed by atoms with Crippen LogP contribution >= 0.6 is 22.6 Å². The Balaban J connectivity index is 1.53. The van der Waals surface area contributed by atoms with E-state index in [-0.39, 0.29) is 5.41 Å². The van der Waals surface area contributed by atoms with Crippen molar-refractivity contribution in [1.29, 1.82) is 0 Å². The van der Waals surface area contributed by atoms with E-state index in [4.69, 9.17) is 25.7 Å². The number of halogens is 1. The van der Waals surface area contributed by atoms with E-state index in [2.05, 4.69) is 62.1 Å². The molecule has 0 aromatic carbocycles. The Bertz CT molecular complexity index is 918. The van der Waals surface area contributed by atoms with Gasteiger partial charge in [-0.3, -0.25) is 0 Å². The summed E-state index contributed by atoms with van der Waals surface area (Å²) in [6.07, 6.45) is 24.8. The summed E-state index contributed by atoms with van der Waals surface area (Å²) in [6, 6.07) is 0. The lowest BCUT2D eigenvalue weighted by molar-refractivity contribution is -0.225. The molecule has 4 fully saturated rings. The normalized spacial score (nSPS) is 35.9. The Morgan fingerprint density at radius 1 is 0.700 bits per heavy atom. The van der Waals surface area contributed by atoms with E-state index in [1.54, 1.807) is 0 Å². The standard InChI is InChI=1S/C43H82IN3O3/c1-6-9-12-24-47(25-13-10-7-2)26-14-17-38(44)35-18-19-36-41-37(32-40(43(35,36)5)50-29-16-23-46)42(4)21-20-34(48-28-15-22-45)30-33(42)31-39(41)49-27-11-8-3/h33-41H,6-32,45-46H2,1-5H3/t33-,34+,35+,36-,37-,38+,39+,40-,41-,42-,43+/m0/s1. The van der Waals surface area contributed by atoms with Crippen molar-refractivity contribution in [2.75, 3.05) is 52.5 Å². The van der Waals surface area contributed by atoms with E-state index in [9.17, 15) is 0 Å². The SMILES string of the molecule is CCCCCN(CCCCC)CCC[C@@H](I)[C@H]1CC[C@H]2[C@@H]3[C@H](OCCCC)C[C@@H]4C[C@H](OCCCN)CC[C@]4(C)[C@H]3C[C@H](OCCCN)[C@]12C. The van der Waals surface area contributed by atoms with Crippen molar-refractivity contribution in [3.05, 3.63) is 0 Å². The van der Waals surface area contributed by atoms with Gasteiger partial charge in [-0.2, -0.15) is 0 Å². The van der Waals surface area contributed by atoms with Crippen LogP contribution in [0.4, 0.5) is 0 Å². The molecular weight excluding hydrogens is 733 g/mol. The Morgan fingerprint density at radius 2 is 1.34 bits per heavy atom. The van der Waals surface area contributed by atoms with Crippen LogP contribution in [-0.2, 0) is 14.2 Å². The number of ether oxygens (including phenoxy) is 3. The van der Waals surface area contributed by atoms with Gasteiger partial charge < -0.3 is 30.6 Å². The Hall–Kier alpha value is 0.490. The molecule has 0 radical (unpaired) electrons. The van der Waals surface area contributed by atoms with Crippen molar-refractivity contribution in [2.24, 2.45) is 51.9 Å². The number of nitrogens with zero attached hydrogens (tertiary/aromatic N) is 1. The maximum absolute atomic E-state index is 7.10. The van der Waals surface area contributed by atoms with E-state index in [1.165, 1.54) is 129 Å². The predicted octanol–water partition coefficient (Wildman–Crippen LogP) is 9.78. The van der Waals surface area contributed by atoms with Crippen LogP contribution in [0.1, 0.15) is 157 Å². The lowest BCUT2D eigenvalue weighted by Crippen LogP contribution is -2.63. The molecule has 0 amide bonds. The van der Waals surface area contributed by atoms with Gasteiger partial charge in [0.15, 0.2) is 0 Å². The lowest BCUT2D eigenvalue weighted by Gasteiger charge is -2.64. The second kappa shape index (κ2) is 22.1. The summed E-state index contributed by atoms with van der Waals surface area (Å²) in [5.41, 5.74) is 12.4. The van der Waals surface area contributed by atoms with Gasteiger partial charge in [-0.1, -0.05) is 89.3 Å². The first kappa shape index (κ1) is 43.2. The van der Waals surface area contributed by atoms with Gasteiger partial charge in [-0.05, 0) is 158 Å². The van der Waals surface area contributed by atoms with E-state index >= 15 is 0 Å². The molecule has 0 bridgehead atoms. The lowest BCUT2D eigenvalue weighted by atomic mass is 9.43. The van der Waals surface area contributed by atoms with Crippen molar-refractivity contribution in [3.8, 4) is 0 Å². The van der Waals surface area contributed by atoms with Gasteiger partial charge in [0.05, 0.1) is 18.3 Å². The second-order valence-corrected chi connectivity index (χ2v) is 19.2. The van der Waals surface area contributed by atoms with Crippen molar-refractivity contribution < 1.29 is 14.2 Å². The molecule has 4 rings (SSSR count). The summed E-state index contributed by atoms with van der Waals surface area (Å²) in [5.74, 6) is 3.34. The van der Waals surface area contributed by atoms with Crippen LogP contribution in [0.2, 0.25) is 0 Å². The molecule has 0 spiro atoms. The highest BCUT2D eigenvalue weighted by Crippen LogP contribution is 2.69. The Kier molecular flexibility index (Phi) is 19.1. The molecule has 0 heterocycles. The molecule has 0 aromatic heterocycles. The average molecular weight is 816 g/mol. The molecule has 0 saturated heterocycles.